The number of hydrogen-bond acceptors (Lipinski definition) is 2. The second-order valence-corrected chi connectivity index (χ2v) is 5.27. The zero-order valence-electron chi connectivity index (χ0n) is 11.2. The van der Waals surface area contributed by atoms with Crippen LogP contribution in [-0.4, -0.2) is 10.9 Å². The summed E-state index contributed by atoms with van der Waals surface area (Å²) in [6.07, 6.45) is 1.18. The molecular weight excluding hydrogens is 280 g/mol. The average molecular weight is 299 g/mol. The highest BCUT2D eigenvalue weighted by Gasteiger charge is 2.37. The fourth-order valence-electron chi connectivity index (χ4n) is 2.02. The van der Waals surface area contributed by atoms with Crippen molar-refractivity contribution >= 4 is 34.7 Å². The van der Waals surface area contributed by atoms with Gasteiger partial charge in [0.15, 0.2) is 0 Å². The molecular formula is C14H19ClN2OS. The molecule has 0 unspecified atom stereocenters. The number of rotatable bonds is 6. The van der Waals surface area contributed by atoms with Crippen molar-refractivity contribution in [3.63, 3.8) is 0 Å². The zero-order chi connectivity index (χ0) is 14.5. The summed E-state index contributed by atoms with van der Waals surface area (Å²) in [5, 5.41) is 3.51. The SMILES string of the molecule is CCC(CC)(C(=O)NCc1ccccc1Cl)C(N)=S. The Morgan fingerprint density at radius 2 is 1.95 bits per heavy atom. The summed E-state index contributed by atoms with van der Waals surface area (Å²) < 4.78 is 0. The van der Waals surface area contributed by atoms with E-state index in [0.717, 1.165) is 5.56 Å². The molecule has 1 rings (SSSR count). The van der Waals surface area contributed by atoms with Gasteiger partial charge in [0.1, 0.15) is 0 Å². The van der Waals surface area contributed by atoms with Crippen molar-refractivity contribution in [2.24, 2.45) is 11.1 Å². The molecule has 1 aromatic rings. The minimum absolute atomic E-state index is 0.134. The molecule has 0 fully saturated rings. The Balaban J connectivity index is 2.79. The summed E-state index contributed by atoms with van der Waals surface area (Å²) in [6.45, 7) is 4.21. The summed E-state index contributed by atoms with van der Waals surface area (Å²) in [7, 11) is 0. The Labute approximate surface area is 124 Å². The Morgan fingerprint density at radius 3 is 2.42 bits per heavy atom. The lowest BCUT2D eigenvalue weighted by molar-refractivity contribution is -0.128. The number of benzene rings is 1. The molecule has 0 spiro atoms. The Morgan fingerprint density at radius 1 is 1.37 bits per heavy atom. The lowest BCUT2D eigenvalue weighted by atomic mass is 9.81. The molecule has 3 nitrogen and oxygen atoms in total. The molecule has 0 saturated heterocycles. The summed E-state index contributed by atoms with van der Waals surface area (Å²) in [6, 6.07) is 7.41. The van der Waals surface area contributed by atoms with Crippen LogP contribution in [0.4, 0.5) is 0 Å². The van der Waals surface area contributed by atoms with Crippen LogP contribution in [0, 0.1) is 5.41 Å². The predicted octanol–water partition coefficient (Wildman–Crippen LogP) is 3.05. The van der Waals surface area contributed by atoms with E-state index >= 15 is 0 Å². The van der Waals surface area contributed by atoms with E-state index in [2.05, 4.69) is 5.32 Å². The number of amides is 1. The first-order valence-corrected chi connectivity index (χ1v) is 7.08. The summed E-state index contributed by atoms with van der Waals surface area (Å²) in [5.74, 6) is -0.134. The second-order valence-electron chi connectivity index (χ2n) is 4.43. The Kier molecular flexibility index (Phi) is 5.76. The summed E-state index contributed by atoms with van der Waals surface area (Å²) >= 11 is 11.1. The standard InChI is InChI=1S/C14H19ClN2OS/c1-3-14(4-2,12(16)19)13(18)17-9-10-7-5-6-8-11(10)15/h5-8H,3-4,9H2,1-2H3,(H2,16,19)(H,17,18). The van der Waals surface area contributed by atoms with Gasteiger partial charge in [0.25, 0.3) is 0 Å². The molecule has 1 aromatic carbocycles. The van der Waals surface area contributed by atoms with Gasteiger partial charge in [-0.2, -0.15) is 0 Å². The maximum absolute atomic E-state index is 12.3. The van der Waals surface area contributed by atoms with Crippen molar-refractivity contribution in [3.8, 4) is 0 Å². The van der Waals surface area contributed by atoms with Crippen LogP contribution in [0.1, 0.15) is 32.3 Å². The molecule has 5 heteroatoms. The molecule has 0 aliphatic rings. The van der Waals surface area contributed by atoms with Crippen LogP contribution in [0.15, 0.2) is 24.3 Å². The van der Waals surface area contributed by atoms with Gasteiger partial charge in [0, 0.05) is 11.6 Å². The number of hydrogen-bond donors (Lipinski definition) is 2. The van der Waals surface area contributed by atoms with Crippen molar-refractivity contribution < 1.29 is 4.79 Å². The first-order chi connectivity index (χ1) is 8.97. The van der Waals surface area contributed by atoms with E-state index in [1.54, 1.807) is 6.07 Å². The Hall–Kier alpha value is -1.13. The molecule has 0 aromatic heterocycles. The van der Waals surface area contributed by atoms with Gasteiger partial charge in [-0.1, -0.05) is 55.9 Å². The Bertz CT molecular complexity index is 472. The fourth-order valence-corrected chi connectivity index (χ4v) is 2.60. The molecule has 0 aliphatic carbocycles. The van der Waals surface area contributed by atoms with Crippen LogP contribution >= 0.6 is 23.8 Å². The fraction of sp³-hybridized carbons (Fsp3) is 0.429. The van der Waals surface area contributed by atoms with Gasteiger partial charge < -0.3 is 11.1 Å². The van der Waals surface area contributed by atoms with Crippen LogP contribution < -0.4 is 11.1 Å². The van der Waals surface area contributed by atoms with Gasteiger partial charge in [-0.25, -0.2) is 0 Å². The third-order valence-electron chi connectivity index (χ3n) is 3.51. The minimum atomic E-state index is -0.767. The highest BCUT2D eigenvalue weighted by molar-refractivity contribution is 7.80. The average Bonchev–Trinajstić information content (AvgIpc) is 2.39. The first kappa shape index (κ1) is 15.9. The number of carbonyl (C=O) groups excluding carboxylic acids is 1. The molecule has 0 aliphatic heterocycles. The monoisotopic (exact) mass is 298 g/mol. The number of nitrogens with two attached hydrogens (primary N) is 1. The smallest absolute Gasteiger partial charge is 0.233 e. The third-order valence-corrected chi connectivity index (χ3v) is 4.27. The molecule has 0 heterocycles. The lowest BCUT2D eigenvalue weighted by Gasteiger charge is -2.29. The molecule has 0 bridgehead atoms. The number of thiocarbonyl (C=S) groups is 1. The largest absolute Gasteiger partial charge is 0.392 e. The van der Waals surface area contributed by atoms with E-state index in [4.69, 9.17) is 29.6 Å². The van der Waals surface area contributed by atoms with Crippen LogP contribution in [0.2, 0.25) is 5.02 Å². The molecule has 0 saturated carbocycles. The van der Waals surface area contributed by atoms with Crippen molar-refractivity contribution in [3.05, 3.63) is 34.9 Å². The van der Waals surface area contributed by atoms with Crippen LogP contribution in [0.25, 0.3) is 0 Å². The van der Waals surface area contributed by atoms with Gasteiger partial charge >= 0.3 is 0 Å². The van der Waals surface area contributed by atoms with Gasteiger partial charge in [-0.3, -0.25) is 4.79 Å². The highest BCUT2D eigenvalue weighted by atomic mass is 35.5. The normalized spacial score (nSPS) is 11.1. The highest BCUT2D eigenvalue weighted by Crippen LogP contribution is 2.27. The van der Waals surface area contributed by atoms with E-state index in [1.807, 2.05) is 32.0 Å². The lowest BCUT2D eigenvalue weighted by Crippen LogP contribution is -2.48. The van der Waals surface area contributed by atoms with Crippen molar-refractivity contribution in [1.29, 1.82) is 0 Å². The third kappa shape index (κ3) is 3.45. The summed E-state index contributed by atoms with van der Waals surface area (Å²) in [4.78, 5) is 12.6. The zero-order valence-corrected chi connectivity index (χ0v) is 12.8. The van der Waals surface area contributed by atoms with E-state index in [9.17, 15) is 4.79 Å². The van der Waals surface area contributed by atoms with Crippen LogP contribution in [0.3, 0.4) is 0 Å². The maximum atomic E-state index is 12.3. The van der Waals surface area contributed by atoms with Crippen molar-refractivity contribution in [2.45, 2.75) is 33.2 Å². The van der Waals surface area contributed by atoms with Gasteiger partial charge in [0.05, 0.1) is 10.4 Å². The number of nitrogens with one attached hydrogen (secondary N) is 1. The number of halogens is 1. The maximum Gasteiger partial charge on any atom is 0.233 e. The van der Waals surface area contributed by atoms with Gasteiger partial charge in [0.2, 0.25) is 5.91 Å². The quantitative estimate of drug-likeness (QED) is 0.794. The molecule has 0 radical (unpaired) electrons. The van der Waals surface area contributed by atoms with E-state index in [-0.39, 0.29) is 10.9 Å². The summed E-state index contributed by atoms with van der Waals surface area (Å²) in [5.41, 5.74) is 5.85. The van der Waals surface area contributed by atoms with Gasteiger partial charge in [-0.15, -0.1) is 0 Å². The predicted molar refractivity (Wildman–Crippen MR) is 83.1 cm³/mol. The first-order valence-electron chi connectivity index (χ1n) is 6.29. The molecule has 19 heavy (non-hydrogen) atoms. The topological polar surface area (TPSA) is 55.1 Å². The minimum Gasteiger partial charge on any atom is -0.392 e. The molecule has 0 atom stereocenters. The van der Waals surface area contributed by atoms with E-state index in [1.165, 1.54) is 0 Å². The molecule has 104 valence electrons. The molecule has 1 amide bonds. The van der Waals surface area contributed by atoms with E-state index in [0.29, 0.717) is 24.4 Å². The van der Waals surface area contributed by atoms with Crippen LogP contribution in [0.5, 0.6) is 0 Å². The van der Waals surface area contributed by atoms with Crippen LogP contribution in [-0.2, 0) is 11.3 Å². The molecule has 3 N–H and O–H groups in total. The second kappa shape index (κ2) is 6.87. The van der Waals surface area contributed by atoms with Crippen molar-refractivity contribution in [2.75, 3.05) is 0 Å². The van der Waals surface area contributed by atoms with Gasteiger partial charge in [-0.05, 0) is 24.5 Å². The number of carbonyl (C=O) groups is 1. The van der Waals surface area contributed by atoms with Crippen molar-refractivity contribution in [1.82, 2.24) is 5.32 Å². The van der Waals surface area contributed by atoms with E-state index < -0.39 is 5.41 Å².